The SMILES string of the molecule is COc1ccc(CCCNC(=O)c2ccc(NC3CC3)nc2)cc1. The minimum absolute atomic E-state index is 0.0739. The number of pyridine rings is 1. The summed E-state index contributed by atoms with van der Waals surface area (Å²) in [7, 11) is 1.66. The van der Waals surface area contributed by atoms with Crippen LogP contribution >= 0.6 is 0 Å². The molecule has 1 aliphatic carbocycles. The number of anilines is 1. The first-order chi connectivity index (χ1) is 11.7. The zero-order valence-electron chi connectivity index (χ0n) is 13.9. The summed E-state index contributed by atoms with van der Waals surface area (Å²) >= 11 is 0. The van der Waals surface area contributed by atoms with E-state index >= 15 is 0 Å². The second-order valence-electron chi connectivity index (χ2n) is 6.06. The number of rotatable bonds is 8. The van der Waals surface area contributed by atoms with Crippen LogP contribution in [0.25, 0.3) is 0 Å². The van der Waals surface area contributed by atoms with Crippen molar-refractivity contribution in [3.8, 4) is 5.75 Å². The van der Waals surface area contributed by atoms with Gasteiger partial charge >= 0.3 is 0 Å². The number of hydrogen-bond donors (Lipinski definition) is 2. The van der Waals surface area contributed by atoms with Crippen molar-refractivity contribution < 1.29 is 9.53 Å². The summed E-state index contributed by atoms with van der Waals surface area (Å²) in [5.41, 5.74) is 1.84. The molecule has 0 spiro atoms. The maximum Gasteiger partial charge on any atom is 0.252 e. The smallest absolute Gasteiger partial charge is 0.252 e. The molecule has 1 heterocycles. The number of nitrogens with zero attached hydrogens (tertiary/aromatic N) is 1. The third-order valence-corrected chi connectivity index (χ3v) is 4.04. The summed E-state index contributed by atoms with van der Waals surface area (Å²) in [6.45, 7) is 0.646. The maximum absolute atomic E-state index is 12.1. The third-order valence-electron chi connectivity index (χ3n) is 4.04. The van der Waals surface area contributed by atoms with E-state index in [4.69, 9.17) is 4.74 Å². The van der Waals surface area contributed by atoms with E-state index in [1.807, 2.05) is 24.3 Å². The van der Waals surface area contributed by atoms with Crippen LogP contribution in [-0.4, -0.2) is 30.6 Å². The summed E-state index contributed by atoms with van der Waals surface area (Å²) in [5, 5.41) is 6.25. The van der Waals surface area contributed by atoms with Gasteiger partial charge in [0.2, 0.25) is 0 Å². The molecule has 0 bridgehead atoms. The summed E-state index contributed by atoms with van der Waals surface area (Å²) in [6.07, 6.45) is 5.86. The minimum atomic E-state index is -0.0739. The second kappa shape index (κ2) is 7.81. The molecule has 24 heavy (non-hydrogen) atoms. The van der Waals surface area contributed by atoms with Crippen molar-refractivity contribution in [1.29, 1.82) is 0 Å². The van der Waals surface area contributed by atoms with Gasteiger partial charge < -0.3 is 15.4 Å². The molecule has 2 aromatic rings. The van der Waals surface area contributed by atoms with Gasteiger partial charge in [0, 0.05) is 18.8 Å². The predicted octanol–water partition coefficient (Wildman–Crippen LogP) is 3.03. The van der Waals surface area contributed by atoms with Crippen molar-refractivity contribution in [2.24, 2.45) is 0 Å². The number of ether oxygens (including phenoxy) is 1. The number of aryl methyl sites for hydroxylation is 1. The van der Waals surface area contributed by atoms with Gasteiger partial charge in [-0.1, -0.05) is 12.1 Å². The van der Waals surface area contributed by atoms with Crippen molar-refractivity contribution in [2.45, 2.75) is 31.7 Å². The molecule has 0 aliphatic heterocycles. The van der Waals surface area contributed by atoms with Crippen LogP contribution in [0.15, 0.2) is 42.6 Å². The Kier molecular flexibility index (Phi) is 5.31. The first kappa shape index (κ1) is 16.3. The van der Waals surface area contributed by atoms with Crippen molar-refractivity contribution in [3.05, 3.63) is 53.7 Å². The largest absolute Gasteiger partial charge is 0.497 e. The highest BCUT2D eigenvalue weighted by Crippen LogP contribution is 2.23. The Morgan fingerprint density at radius 3 is 2.62 bits per heavy atom. The van der Waals surface area contributed by atoms with Gasteiger partial charge in [-0.05, 0) is 55.5 Å². The molecule has 1 aromatic heterocycles. The minimum Gasteiger partial charge on any atom is -0.497 e. The molecule has 0 radical (unpaired) electrons. The molecule has 126 valence electrons. The van der Waals surface area contributed by atoms with E-state index < -0.39 is 0 Å². The van der Waals surface area contributed by atoms with Crippen LogP contribution in [0.2, 0.25) is 0 Å². The summed E-state index contributed by atoms with van der Waals surface area (Å²) in [5.74, 6) is 1.63. The quantitative estimate of drug-likeness (QED) is 0.732. The normalized spacial score (nSPS) is 13.4. The average molecular weight is 325 g/mol. The van der Waals surface area contributed by atoms with Crippen LogP contribution in [0.3, 0.4) is 0 Å². The summed E-state index contributed by atoms with van der Waals surface area (Å²) in [6, 6.07) is 12.3. The average Bonchev–Trinajstić information content (AvgIpc) is 3.44. The Morgan fingerprint density at radius 2 is 2.00 bits per heavy atom. The monoisotopic (exact) mass is 325 g/mol. The molecule has 1 fully saturated rings. The Balaban J connectivity index is 1.39. The van der Waals surface area contributed by atoms with E-state index in [1.165, 1.54) is 18.4 Å². The highest BCUT2D eigenvalue weighted by molar-refractivity contribution is 5.94. The third kappa shape index (κ3) is 4.72. The fourth-order valence-corrected chi connectivity index (χ4v) is 2.44. The predicted molar refractivity (Wildman–Crippen MR) is 94.5 cm³/mol. The Labute approximate surface area is 142 Å². The van der Waals surface area contributed by atoms with Crippen molar-refractivity contribution in [1.82, 2.24) is 10.3 Å². The van der Waals surface area contributed by atoms with E-state index in [-0.39, 0.29) is 5.91 Å². The highest BCUT2D eigenvalue weighted by atomic mass is 16.5. The maximum atomic E-state index is 12.1. The van der Waals surface area contributed by atoms with Gasteiger partial charge in [-0.3, -0.25) is 4.79 Å². The first-order valence-corrected chi connectivity index (χ1v) is 8.38. The molecule has 1 saturated carbocycles. The molecular formula is C19H23N3O2. The first-order valence-electron chi connectivity index (χ1n) is 8.38. The fraction of sp³-hybridized carbons (Fsp3) is 0.368. The number of benzene rings is 1. The van der Waals surface area contributed by atoms with Gasteiger partial charge in [0.05, 0.1) is 12.7 Å². The molecule has 0 unspecified atom stereocenters. The molecule has 5 heteroatoms. The summed E-state index contributed by atoms with van der Waals surface area (Å²) in [4.78, 5) is 16.4. The number of nitrogens with one attached hydrogen (secondary N) is 2. The fourth-order valence-electron chi connectivity index (χ4n) is 2.44. The molecular weight excluding hydrogens is 302 g/mol. The van der Waals surface area contributed by atoms with E-state index in [9.17, 15) is 4.79 Å². The Morgan fingerprint density at radius 1 is 1.21 bits per heavy atom. The van der Waals surface area contributed by atoms with Gasteiger partial charge in [-0.15, -0.1) is 0 Å². The lowest BCUT2D eigenvalue weighted by Crippen LogP contribution is -2.25. The zero-order chi connectivity index (χ0) is 16.8. The lowest BCUT2D eigenvalue weighted by Gasteiger charge is -2.07. The van der Waals surface area contributed by atoms with Gasteiger partial charge in [-0.2, -0.15) is 0 Å². The molecule has 1 amide bonds. The molecule has 3 rings (SSSR count). The number of aromatic nitrogens is 1. The van der Waals surface area contributed by atoms with Crippen LogP contribution in [0, 0.1) is 0 Å². The number of methoxy groups -OCH3 is 1. The van der Waals surface area contributed by atoms with Gasteiger partial charge in [0.25, 0.3) is 5.91 Å². The Hall–Kier alpha value is -2.56. The van der Waals surface area contributed by atoms with Crippen LogP contribution < -0.4 is 15.4 Å². The second-order valence-corrected chi connectivity index (χ2v) is 6.06. The van der Waals surface area contributed by atoms with Crippen LogP contribution in [0.4, 0.5) is 5.82 Å². The van der Waals surface area contributed by atoms with E-state index in [1.54, 1.807) is 13.3 Å². The summed E-state index contributed by atoms with van der Waals surface area (Å²) < 4.78 is 5.14. The molecule has 5 nitrogen and oxygen atoms in total. The van der Waals surface area contributed by atoms with Crippen LogP contribution in [0.5, 0.6) is 5.75 Å². The standard InChI is InChI=1S/C19H23N3O2/c1-24-17-9-4-14(5-10-17)3-2-12-20-19(23)15-6-11-18(21-13-15)22-16-7-8-16/h4-6,9-11,13,16H,2-3,7-8,12H2,1H3,(H,20,23)(H,21,22). The van der Waals surface area contributed by atoms with E-state index in [2.05, 4.69) is 27.8 Å². The van der Waals surface area contributed by atoms with Gasteiger partial charge in [0.1, 0.15) is 11.6 Å². The lowest BCUT2D eigenvalue weighted by atomic mass is 10.1. The van der Waals surface area contributed by atoms with Crippen LogP contribution in [-0.2, 0) is 6.42 Å². The zero-order valence-corrected chi connectivity index (χ0v) is 13.9. The van der Waals surface area contributed by atoms with E-state index in [0.717, 1.165) is 24.4 Å². The van der Waals surface area contributed by atoms with Gasteiger partial charge in [0.15, 0.2) is 0 Å². The molecule has 0 atom stereocenters. The Bertz CT molecular complexity index is 664. The van der Waals surface area contributed by atoms with Gasteiger partial charge in [-0.25, -0.2) is 4.98 Å². The molecule has 1 aliphatic rings. The number of carbonyl (C=O) groups is 1. The van der Waals surface area contributed by atoms with E-state index in [0.29, 0.717) is 18.2 Å². The lowest BCUT2D eigenvalue weighted by molar-refractivity contribution is 0.0953. The van der Waals surface area contributed by atoms with Crippen molar-refractivity contribution in [3.63, 3.8) is 0 Å². The number of amides is 1. The van der Waals surface area contributed by atoms with Crippen molar-refractivity contribution in [2.75, 3.05) is 19.0 Å². The van der Waals surface area contributed by atoms with Crippen LogP contribution in [0.1, 0.15) is 35.2 Å². The molecule has 2 N–H and O–H groups in total. The highest BCUT2D eigenvalue weighted by Gasteiger charge is 2.21. The molecule has 0 saturated heterocycles. The molecule has 1 aromatic carbocycles. The topological polar surface area (TPSA) is 63.2 Å². The van der Waals surface area contributed by atoms with Crippen molar-refractivity contribution >= 4 is 11.7 Å². The number of hydrogen-bond acceptors (Lipinski definition) is 4. The number of carbonyl (C=O) groups excluding carboxylic acids is 1.